The van der Waals surface area contributed by atoms with Gasteiger partial charge in [0.1, 0.15) is 0 Å². The van der Waals surface area contributed by atoms with Crippen molar-refractivity contribution >= 4 is 44.3 Å². The van der Waals surface area contributed by atoms with E-state index in [1.165, 1.54) is 16.9 Å². The zero-order chi connectivity index (χ0) is 18.5. The fourth-order valence-electron chi connectivity index (χ4n) is 2.68. The van der Waals surface area contributed by atoms with Crippen molar-refractivity contribution in [2.45, 2.75) is 19.3 Å². The SMILES string of the molecule is CN(CCc1ccc(Br)cc1)C(=O)Cc1csc(N2CCCNC2=O)n1. The first-order chi connectivity index (χ1) is 12.5. The van der Waals surface area contributed by atoms with Crippen molar-refractivity contribution in [1.82, 2.24) is 15.2 Å². The third-order valence-corrected chi connectivity index (χ3v) is 5.70. The molecule has 2 heterocycles. The van der Waals surface area contributed by atoms with Crippen LogP contribution in [-0.2, 0) is 17.6 Å². The minimum Gasteiger partial charge on any atom is -0.345 e. The molecule has 1 aromatic carbocycles. The van der Waals surface area contributed by atoms with Gasteiger partial charge in [-0.25, -0.2) is 9.78 Å². The van der Waals surface area contributed by atoms with Gasteiger partial charge in [-0.3, -0.25) is 9.69 Å². The van der Waals surface area contributed by atoms with E-state index in [1.54, 1.807) is 9.80 Å². The summed E-state index contributed by atoms with van der Waals surface area (Å²) in [6.07, 6.45) is 1.97. The van der Waals surface area contributed by atoms with Crippen molar-refractivity contribution in [3.63, 3.8) is 0 Å². The predicted molar refractivity (Wildman–Crippen MR) is 107 cm³/mol. The molecule has 3 rings (SSSR count). The van der Waals surface area contributed by atoms with E-state index in [9.17, 15) is 9.59 Å². The van der Waals surface area contributed by atoms with Gasteiger partial charge in [0, 0.05) is 36.5 Å². The molecule has 0 unspecified atom stereocenters. The van der Waals surface area contributed by atoms with Crippen molar-refractivity contribution in [3.05, 3.63) is 45.4 Å². The molecule has 0 atom stereocenters. The molecule has 1 aromatic heterocycles. The van der Waals surface area contributed by atoms with Crippen LogP contribution in [0.5, 0.6) is 0 Å². The number of amides is 3. The number of halogens is 1. The number of nitrogens with one attached hydrogen (secondary N) is 1. The number of likely N-dealkylation sites (N-methyl/N-ethyl adjacent to an activating group) is 1. The van der Waals surface area contributed by atoms with Gasteiger partial charge in [0.05, 0.1) is 12.1 Å². The summed E-state index contributed by atoms with van der Waals surface area (Å²) >= 11 is 4.83. The lowest BCUT2D eigenvalue weighted by molar-refractivity contribution is -0.129. The van der Waals surface area contributed by atoms with Gasteiger partial charge in [0.2, 0.25) is 5.91 Å². The molecule has 0 radical (unpaired) electrons. The van der Waals surface area contributed by atoms with Gasteiger partial charge in [-0.15, -0.1) is 11.3 Å². The van der Waals surface area contributed by atoms with Crippen LogP contribution in [0.3, 0.4) is 0 Å². The van der Waals surface area contributed by atoms with Crippen molar-refractivity contribution < 1.29 is 9.59 Å². The van der Waals surface area contributed by atoms with Crippen molar-refractivity contribution in [3.8, 4) is 0 Å². The standard InChI is InChI=1S/C18H21BrN4O2S/c1-22(10-7-13-3-5-14(19)6-4-13)16(24)11-15-12-26-18(21-15)23-9-2-8-20-17(23)25/h3-6,12H,2,7-11H2,1H3,(H,20,25). The highest BCUT2D eigenvalue weighted by molar-refractivity contribution is 9.10. The molecule has 3 amide bonds. The highest BCUT2D eigenvalue weighted by atomic mass is 79.9. The van der Waals surface area contributed by atoms with Gasteiger partial charge in [0.15, 0.2) is 5.13 Å². The number of carbonyl (C=O) groups is 2. The topological polar surface area (TPSA) is 65.5 Å². The van der Waals surface area contributed by atoms with Gasteiger partial charge in [-0.1, -0.05) is 28.1 Å². The summed E-state index contributed by atoms with van der Waals surface area (Å²) in [6, 6.07) is 8.00. The van der Waals surface area contributed by atoms with Crippen LogP contribution >= 0.6 is 27.3 Å². The van der Waals surface area contributed by atoms with Gasteiger partial charge in [-0.2, -0.15) is 0 Å². The van der Waals surface area contributed by atoms with Gasteiger partial charge >= 0.3 is 6.03 Å². The van der Waals surface area contributed by atoms with Crippen molar-refractivity contribution in [2.75, 3.05) is 31.6 Å². The first-order valence-corrected chi connectivity index (χ1v) is 10.2. The van der Waals surface area contributed by atoms with E-state index in [1.807, 2.05) is 24.6 Å². The highest BCUT2D eigenvalue weighted by Crippen LogP contribution is 2.22. The number of hydrogen-bond acceptors (Lipinski definition) is 4. The number of thiazole rings is 1. The van der Waals surface area contributed by atoms with E-state index in [4.69, 9.17) is 0 Å². The lowest BCUT2D eigenvalue weighted by Gasteiger charge is -2.24. The van der Waals surface area contributed by atoms with Crippen LogP contribution in [0.4, 0.5) is 9.93 Å². The summed E-state index contributed by atoms with van der Waals surface area (Å²) < 4.78 is 1.05. The molecule has 0 spiro atoms. The second-order valence-corrected chi connectivity index (χ2v) is 7.98. The van der Waals surface area contributed by atoms with E-state index in [2.05, 4.69) is 38.4 Å². The average molecular weight is 437 g/mol. The Hall–Kier alpha value is -1.93. The second-order valence-electron chi connectivity index (χ2n) is 6.23. The Kier molecular flexibility index (Phi) is 6.26. The Balaban J connectivity index is 1.52. The number of anilines is 1. The smallest absolute Gasteiger partial charge is 0.323 e. The molecule has 26 heavy (non-hydrogen) atoms. The van der Waals surface area contributed by atoms with Crippen molar-refractivity contribution in [1.29, 1.82) is 0 Å². The predicted octanol–water partition coefficient (Wildman–Crippen LogP) is 3.07. The third-order valence-electron chi connectivity index (χ3n) is 4.26. The fraction of sp³-hybridized carbons (Fsp3) is 0.389. The maximum Gasteiger partial charge on any atom is 0.323 e. The average Bonchev–Trinajstić information content (AvgIpc) is 3.09. The Morgan fingerprint density at radius 2 is 2.15 bits per heavy atom. The summed E-state index contributed by atoms with van der Waals surface area (Å²) in [5.74, 6) is 0.0297. The summed E-state index contributed by atoms with van der Waals surface area (Å²) in [6.45, 7) is 2.03. The molecular weight excluding hydrogens is 416 g/mol. The van der Waals surface area contributed by atoms with Crippen LogP contribution in [0.1, 0.15) is 17.7 Å². The zero-order valence-corrected chi connectivity index (χ0v) is 17.0. The third kappa shape index (κ3) is 4.82. The molecule has 0 aliphatic carbocycles. The highest BCUT2D eigenvalue weighted by Gasteiger charge is 2.22. The molecule has 6 nitrogen and oxygen atoms in total. The molecule has 8 heteroatoms. The van der Waals surface area contributed by atoms with Gasteiger partial charge in [-0.05, 0) is 30.5 Å². The molecule has 2 aromatic rings. The molecule has 1 N–H and O–H groups in total. The first-order valence-electron chi connectivity index (χ1n) is 8.51. The van der Waals surface area contributed by atoms with Crippen LogP contribution in [0.2, 0.25) is 0 Å². The minimum atomic E-state index is -0.116. The molecule has 138 valence electrons. The van der Waals surface area contributed by atoms with E-state index in [-0.39, 0.29) is 18.4 Å². The molecule has 1 fully saturated rings. The van der Waals surface area contributed by atoms with Crippen molar-refractivity contribution in [2.24, 2.45) is 0 Å². The van der Waals surface area contributed by atoms with E-state index >= 15 is 0 Å². The fourth-order valence-corrected chi connectivity index (χ4v) is 3.79. The lowest BCUT2D eigenvalue weighted by Crippen LogP contribution is -2.46. The molecular formula is C18H21BrN4O2S. The quantitative estimate of drug-likeness (QED) is 0.756. The van der Waals surface area contributed by atoms with Gasteiger partial charge < -0.3 is 10.2 Å². The Morgan fingerprint density at radius 3 is 2.88 bits per heavy atom. The summed E-state index contributed by atoms with van der Waals surface area (Å²) in [5.41, 5.74) is 1.91. The largest absolute Gasteiger partial charge is 0.345 e. The van der Waals surface area contributed by atoms with Crippen LogP contribution in [0.15, 0.2) is 34.1 Å². The summed E-state index contributed by atoms with van der Waals surface area (Å²) in [7, 11) is 1.81. The minimum absolute atomic E-state index is 0.0297. The summed E-state index contributed by atoms with van der Waals surface area (Å²) in [5, 5.41) is 5.32. The second kappa shape index (κ2) is 8.64. The van der Waals surface area contributed by atoms with Crippen LogP contribution in [0.25, 0.3) is 0 Å². The first kappa shape index (κ1) is 18.8. The van der Waals surface area contributed by atoms with E-state index in [0.717, 1.165) is 17.3 Å². The Bertz CT molecular complexity index is 778. The number of urea groups is 1. The number of nitrogens with zero attached hydrogens (tertiary/aromatic N) is 3. The van der Waals surface area contributed by atoms with Crippen LogP contribution in [-0.4, -0.2) is 48.5 Å². The monoisotopic (exact) mass is 436 g/mol. The van der Waals surface area contributed by atoms with Crippen LogP contribution in [0, 0.1) is 0 Å². The maximum absolute atomic E-state index is 12.4. The zero-order valence-electron chi connectivity index (χ0n) is 14.6. The van der Waals surface area contributed by atoms with Crippen LogP contribution < -0.4 is 10.2 Å². The number of aromatic nitrogens is 1. The molecule has 1 saturated heterocycles. The number of carbonyl (C=O) groups excluding carboxylic acids is 2. The molecule has 0 saturated carbocycles. The lowest BCUT2D eigenvalue weighted by atomic mass is 10.1. The molecule has 1 aliphatic rings. The molecule has 0 bridgehead atoms. The molecule has 1 aliphatic heterocycles. The Morgan fingerprint density at radius 1 is 1.38 bits per heavy atom. The normalized spacial score (nSPS) is 14.2. The number of rotatable bonds is 6. The van der Waals surface area contributed by atoms with E-state index < -0.39 is 0 Å². The van der Waals surface area contributed by atoms with E-state index in [0.29, 0.717) is 30.5 Å². The maximum atomic E-state index is 12.4. The number of benzene rings is 1. The Labute approximate surface area is 165 Å². The number of hydrogen-bond donors (Lipinski definition) is 1. The van der Waals surface area contributed by atoms with Gasteiger partial charge in [0.25, 0.3) is 0 Å². The summed E-state index contributed by atoms with van der Waals surface area (Å²) in [4.78, 5) is 32.1.